The van der Waals surface area contributed by atoms with Crippen molar-refractivity contribution in [2.75, 3.05) is 33.9 Å². The van der Waals surface area contributed by atoms with Crippen molar-refractivity contribution >= 4 is 0 Å². The number of rotatable bonds is 8. The van der Waals surface area contributed by atoms with Gasteiger partial charge in [0, 0.05) is 42.0 Å². The molecule has 0 aromatic heterocycles. The van der Waals surface area contributed by atoms with E-state index in [0.717, 1.165) is 73.8 Å². The van der Waals surface area contributed by atoms with Crippen LogP contribution in [0.3, 0.4) is 0 Å². The van der Waals surface area contributed by atoms with E-state index in [1.54, 1.807) is 7.11 Å². The van der Waals surface area contributed by atoms with Crippen LogP contribution in [0, 0.1) is 17.3 Å². The Bertz CT molecular complexity index is 1360. The van der Waals surface area contributed by atoms with Crippen LogP contribution in [0.5, 0.6) is 11.5 Å². The molecule has 2 aromatic carbocycles. The smallest absolute Gasteiger partial charge is 0.416 e. The van der Waals surface area contributed by atoms with Gasteiger partial charge in [-0.1, -0.05) is 18.2 Å². The van der Waals surface area contributed by atoms with Crippen LogP contribution in [0.15, 0.2) is 36.4 Å². The molecule has 0 radical (unpaired) electrons. The summed E-state index contributed by atoms with van der Waals surface area (Å²) in [5, 5.41) is 0. The molecule has 5 nitrogen and oxygen atoms in total. The van der Waals surface area contributed by atoms with E-state index in [1.807, 2.05) is 7.11 Å². The fraction of sp³-hybridized carbons (Fsp3) is 0.636. The Labute approximate surface area is 239 Å². The molecule has 5 fully saturated rings. The summed E-state index contributed by atoms with van der Waals surface area (Å²) in [6.07, 6.45) is 3.38. The zero-order valence-corrected chi connectivity index (χ0v) is 23.8. The number of alkyl halides is 3. The Morgan fingerprint density at radius 1 is 1.02 bits per heavy atom. The van der Waals surface area contributed by atoms with Gasteiger partial charge in [0.1, 0.15) is 11.7 Å². The van der Waals surface area contributed by atoms with E-state index >= 15 is 0 Å². The molecule has 0 unspecified atom stereocenters. The molecule has 41 heavy (non-hydrogen) atoms. The molecular formula is C33H38F3NO4. The third-order valence-electron chi connectivity index (χ3n) is 11.9. The van der Waals surface area contributed by atoms with Crippen molar-refractivity contribution in [2.24, 2.45) is 17.3 Å². The fourth-order valence-corrected chi connectivity index (χ4v) is 10.0. The topological polar surface area (TPSA) is 40.2 Å². The lowest BCUT2D eigenvalue weighted by Crippen LogP contribution is -2.81. The van der Waals surface area contributed by atoms with Gasteiger partial charge in [-0.3, -0.25) is 4.90 Å². The van der Waals surface area contributed by atoms with Gasteiger partial charge in [-0.25, -0.2) is 0 Å². The minimum atomic E-state index is -4.34. The van der Waals surface area contributed by atoms with E-state index in [1.165, 1.54) is 42.6 Å². The lowest BCUT2D eigenvalue weighted by atomic mass is 9.35. The molecule has 220 valence electrons. The summed E-state index contributed by atoms with van der Waals surface area (Å²) in [5.41, 5.74) is 2.36. The minimum absolute atomic E-state index is 0.0675. The van der Waals surface area contributed by atoms with Crippen molar-refractivity contribution in [3.63, 3.8) is 0 Å². The normalized spacial score (nSPS) is 36.7. The number of hydrogen-bond acceptors (Lipinski definition) is 5. The zero-order valence-electron chi connectivity index (χ0n) is 23.8. The van der Waals surface area contributed by atoms with Crippen LogP contribution in [-0.2, 0) is 34.1 Å². The number of nitrogens with zero attached hydrogens (tertiary/aromatic N) is 1. The molecule has 4 bridgehead atoms. The quantitative estimate of drug-likeness (QED) is 0.381. The summed E-state index contributed by atoms with van der Waals surface area (Å²) in [5.74, 6) is 2.68. The van der Waals surface area contributed by atoms with Crippen molar-refractivity contribution in [3.05, 3.63) is 58.7 Å². The highest BCUT2D eigenvalue weighted by molar-refractivity contribution is 5.63. The highest BCUT2D eigenvalue weighted by Crippen LogP contribution is 2.76. The highest BCUT2D eigenvalue weighted by Gasteiger charge is 2.80. The van der Waals surface area contributed by atoms with Crippen molar-refractivity contribution in [1.82, 2.24) is 4.90 Å². The van der Waals surface area contributed by atoms with E-state index in [2.05, 4.69) is 17.0 Å². The molecule has 6 atom stereocenters. The summed E-state index contributed by atoms with van der Waals surface area (Å²) in [4.78, 5) is 2.82. The maximum absolute atomic E-state index is 13.0. The SMILES string of the molecule is COc1ccc2c3c1O[C@H]1[C@@]4(OC)CC[C@@]5(C[C@@H]4COCc4ccc(C(F)(F)F)cc4)[C@@H](C2)N(CC2CC2)CC[C@]315. The largest absolute Gasteiger partial charge is 0.493 e. The second kappa shape index (κ2) is 8.87. The number of hydrogen-bond donors (Lipinski definition) is 0. The molecule has 8 heteroatoms. The van der Waals surface area contributed by atoms with Gasteiger partial charge >= 0.3 is 6.18 Å². The monoisotopic (exact) mass is 569 g/mol. The molecule has 0 amide bonds. The van der Waals surface area contributed by atoms with Crippen molar-refractivity contribution in [3.8, 4) is 11.5 Å². The molecule has 2 aliphatic heterocycles. The first kappa shape index (κ1) is 26.3. The van der Waals surface area contributed by atoms with E-state index in [-0.39, 0.29) is 29.5 Å². The van der Waals surface area contributed by atoms with Gasteiger partial charge in [0.15, 0.2) is 11.5 Å². The maximum Gasteiger partial charge on any atom is 0.416 e. The Morgan fingerprint density at radius 2 is 1.83 bits per heavy atom. The number of piperidine rings is 1. The third kappa shape index (κ3) is 3.47. The Kier molecular flexibility index (Phi) is 5.70. The summed E-state index contributed by atoms with van der Waals surface area (Å²) in [6, 6.07) is 10.1. The minimum Gasteiger partial charge on any atom is -0.493 e. The molecule has 2 heterocycles. The molecule has 9 rings (SSSR count). The molecular weight excluding hydrogens is 531 g/mol. The van der Waals surface area contributed by atoms with Gasteiger partial charge in [-0.05, 0) is 86.7 Å². The average Bonchev–Trinajstić information content (AvgIpc) is 3.71. The number of benzene rings is 2. The lowest BCUT2D eigenvalue weighted by Gasteiger charge is -2.74. The number of halogens is 3. The first-order chi connectivity index (χ1) is 19.8. The zero-order chi connectivity index (χ0) is 28.2. The van der Waals surface area contributed by atoms with E-state index in [0.29, 0.717) is 12.6 Å². The molecule has 0 N–H and O–H groups in total. The van der Waals surface area contributed by atoms with E-state index in [9.17, 15) is 13.2 Å². The first-order valence-electron chi connectivity index (χ1n) is 15.2. The van der Waals surface area contributed by atoms with Crippen LogP contribution in [0.25, 0.3) is 0 Å². The fourth-order valence-electron chi connectivity index (χ4n) is 10.0. The number of fused-ring (bicyclic) bond motifs is 2. The Hall–Kier alpha value is -2.29. The number of methoxy groups -OCH3 is 2. The lowest BCUT2D eigenvalue weighted by molar-refractivity contribution is -0.283. The van der Waals surface area contributed by atoms with Gasteiger partial charge in [0.2, 0.25) is 0 Å². The van der Waals surface area contributed by atoms with Gasteiger partial charge < -0.3 is 18.9 Å². The predicted octanol–water partition coefficient (Wildman–Crippen LogP) is 6.16. The third-order valence-corrected chi connectivity index (χ3v) is 11.9. The number of likely N-dealkylation sites (tertiary alicyclic amines) is 1. The van der Waals surface area contributed by atoms with Crippen LogP contribution in [0.1, 0.15) is 60.8 Å². The van der Waals surface area contributed by atoms with E-state index in [4.69, 9.17) is 18.9 Å². The second-order valence-corrected chi connectivity index (χ2v) is 13.4. The van der Waals surface area contributed by atoms with E-state index < -0.39 is 17.3 Å². The summed E-state index contributed by atoms with van der Waals surface area (Å²) in [7, 11) is 3.55. The van der Waals surface area contributed by atoms with Crippen LogP contribution >= 0.6 is 0 Å². The van der Waals surface area contributed by atoms with Gasteiger partial charge in [-0.2, -0.15) is 13.2 Å². The Morgan fingerprint density at radius 3 is 2.54 bits per heavy atom. The molecule has 5 aliphatic carbocycles. The first-order valence-corrected chi connectivity index (χ1v) is 15.2. The number of ether oxygens (including phenoxy) is 4. The standard InChI is InChI=1S/C33H38F3NO4/c1-38-25-10-7-22-15-26-30-11-12-32(39-2,24(16-30)19-40-18-21-5-8-23(9-6-21)33(34,35)36)29-31(30,27(22)28(25)41-29)13-14-37(26)17-20-3-4-20/h5-10,20,24,26,29H,3-4,11-19H2,1-2H3/t24-,26-,29-,30-,31+,32-/m1/s1. The van der Waals surface area contributed by atoms with Crippen molar-refractivity contribution in [2.45, 2.75) is 80.9 Å². The van der Waals surface area contributed by atoms with Crippen molar-refractivity contribution < 1.29 is 32.1 Å². The Balaban J connectivity index is 1.14. The molecule has 2 spiro atoms. The van der Waals surface area contributed by atoms with Gasteiger partial charge in [0.05, 0.1) is 25.9 Å². The van der Waals surface area contributed by atoms with Gasteiger partial charge in [0.25, 0.3) is 0 Å². The highest BCUT2D eigenvalue weighted by atomic mass is 19.4. The molecule has 2 aromatic rings. The van der Waals surface area contributed by atoms with Crippen LogP contribution in [0.2, 0.25) is 0 Å². The summed E-state index contributed by atoms with van der Waals surface area (Å²) >= 11 is 0. The van der Waals surface area contributed by atoms with Crippen LogP contribution in [-0.4, -0.2) is 56.6 Å². The van der Waals surface area contributed by atoms with Crippen molar-refractivity contribution in [1.29, 1.82) is 0 Å². The average molecular weight is 570 g/mol. The predicted molar refractivity (Wildman–Crippen MR) is 146 cm³/mol. The molecule has 1 saturated heterocycles. The second-order valence-electron chi connectivity index (χ2n) is 13.4. The van der Waals surface area contributed by atoms with Crippen LogP contribution < -0.4 is 9.47 Å². The summed E-state index contributed by atoms with van der Waals surface area (Å²) < 4.78 is 64.9. The summed E-state index contributed by atoms with van der Waals surface area (Å²) in [6.45, 7) is 3.04. The maximum atomic E-state index is 13.0. The molecule has 7 aliphatic rings. The van der Waals surface area contributed by atoms with Gasteiger partial charge in [-0.15, -0.1) is 0 Å². The van der Waals surface area contributed by atoms with Crippen LogP contribution in [0.4, 0.5) is 13.2 Å². The molecule has 4 saturated carbocycles.